The van der Waals surface area contributed by atoms with Crippen molar-refractivity contribution in [1.29, 1.82) is 0 Å². The van der Waals surface area contributed by atoms with Gasteiger partial charge in [0.15, 0.2) is 0 Å². The summed E-state index contributed by atoms with van der Waals surface area (Å²) in [6.45, 7) is 3.75. The van der Waals surface area contributed by atoms with Crippen LogP contribution in [0.3, 0.4) is 0 Å². The van der Waals surface area contributed by atoms with Gasteiger partial charge in [-0.1, -0.05) is 6.07 Å². The number of nitrogens with one attached hydrogen (secondary N) is 1. The van der Waals surface area contributed by atoms with E-state index < -0.39 is 0 Å². The standard InChI is InChI=1S/C21H29N5O3/c1-24(18-7-11-25(12-8-18)13-14-26-10-4-9-23-26)20(27)16-22-21(28)17-5-3-6-19(15-17)29-2/h3-6,9-10,15,18H,7-8,11-14,16H2,1-2H3,(H,22,28). The van der Waals surface area contributed by atoms with E-state index in [4.69, 9.17) is 4.74 Å². The van der Waals surface area contributed by atoms with Crippen molar-refractivity contribution in [3.63, 3.8) is 0 Å². The normalized spacial score (nSPS) is 15.1. The van der Waals surface area contributed by atoms with Crippen LogP contribution >= 0.6 is 0 Å². The third kappa shape index (κ3) is 5.80. The highest BCUT2D eigenvalue weighted by molar-refractivity contribution is 5.96. The van der Waals surface area contributed by atoms with Crippen molar-refractivity contribution in [1.82, 2.24) is 24.9 Å². The van der Waals surface area contributed by atoms with Crippen LogP contribution in [0.1, 0.15) is 23.2 Å². The monoisotopic (exact) mass is 399 g/mol. The number of carbonyl (C=O) groups is 2. The van der Waals surface area contributed by atoms with Crippen LogP contribution in [0.25, 0.3) is 0 Å². The van der Waals surface area contributed by atoms with E-state index in [-0.39, 0.29) is 24.4 Å². The number of rotatable bonds is 8. The van der Waals surface area contributed by atoms with Gasteiger partial charge in [-0.3, -0.25) is 14.3 Å². The van der Waals surface area contributed by atoms with E-state index in [0.717, 1.165) is 39.0 Å². The number of carbonyl (C=O) groups excluding carboxylic acids is 2. The highest BCUT2D eigenvalue weighted by atomic mass is 16.5. The van der Waals surface area contributed by atoms with E-state index in [1.165, 1.54) is 0 Å². The molecule has 2 heterocycles. The molecule has 3 rings (SSSR count). The second-order valence-electron chi connectivity index (χ2n) is 7.26. The molecule has 0 radical (unpaired) electrons. The van der Waals surface area contributed by atoms with E-state index in [1.807, 2.05) is 24.0 Å². The molecule has 0 atom stereocenters. The van der Waals surface area contributed by atoms with E-state index in [2.05, 4.69) is 15.3 Å². The number of nitrogens with zero attached hydrogens (tertiary/aromatic N) is 4. The summed E-state index contributed by atoms with van der Waals surface area (Å²) in [5.74, 6) is 0.260. The summed E-state index contributed by atoms with van der Waals surface area (Å²) in [6.07, 6.45) is 5.63. The van der Waals surface area contributed by atoms with Crippen molar-refractivity contribution in [3.05, 3.63) is 48.3 Å². The highest BCUT2D eigenvalue weighted by Crippen LogP contribution is 2.16. The van der Waals surface area contributed by atoms with Crippen LogP contribution in [0.15, 0.2) is 42.7 Å². The molecule has 1 saturated heterocycles. The Labute approximate surface area is 171 Å². The van der Waals surface area contributed by atoms with Gasteiger partial charge in [0, 0.05) is 50.7 Å². The minimum atomic E-state index is -0.279. The molecule has 1 aliphatic rings. The molecule has 29 heavy (non-hydrogen) atoms. The molecule has 0 spiro atoms. The Hall–Kier alpha value is -2.87. The third-order valence-electron chi connectivity index (χ3n) is 5.43. The molecule has 1 fully saturated rings. The maximum atomic E-state index is 12.5. The number of likely N-dealkylation sites (tertiary alicyclic amines) is 1. The molecule has 2 aromatic rings. The molecule has 0 unspecified atom stereocenters. The Morgan fingerprint density at radius 2 is 2.03 bits per heavy atom. The first kappa shape index (κ1) is 20.9. The molecule has 1 aromatic carbocycles. The van der Waals surface area contributed by atoms with Gasteiger partial charge < -0.3 is 19.9 Å². The van der Waals surface area contributed by atoms with Crippen LogP contribution in [-0.4, -0.2) is 77.8 Å². The average molecular weight is 399 g/mol. The van der Waals surface area contributed by atoms with Crippen molar-refractivity contribution < 1.29 is 14.3 Å². The lowest BCUT2D eigenvalue weighted by Gasteiger charge is -2.36. The molecular formula is C21H29N5O3. The Morgan fingerprint density at radius 1 is 1.24 bits per heavy atom. The second-order valence-corrected chi connectivity index (χ2v) is 7.26. The Kier molecular flexibility index (Phi) is 7.24. The van der Waals surface area contributed by atoms with E-state index in [0.29, 0.717) is 11.3 Å². The SMILES string of the molecule is COc1cccc(C(=O)NCC(=O)N(C)C2CCN(CCn3cccn3)CC2)c1. The van der Waals surface area contributed by atoms with Crippen LogP contribution in [0.2, 0.25) is 0 Å². The van der Waals surface area contributed by atoms with E-state index in [9.17, 15) is 9.59 Å². The zero-order chi connectivity index (χ0) is 20.6. The van der Waals surface area contributed by atoms with Crippen molar-refractivity contribution in [2.75, 3.05) is 40.3 Å². The summed E-state index contributed by atoms with van der Waals surface area (Å²) in [5.41, 5.74) is 0.477. The minimum Gasteiger partial charge on any atom is -0.497 e. The quantitative estimate of drug-likeness (QED) is 0.723. The van der Waals surface area contributed by atoms with Crippen molar-refractivity contribution in [2.24, 2.45) is 0 Å². The minimum absolute atomic E-state index is 0.00788. The highest BCUT2D eigenvalue weighted by Gasteiger charge is 2.25. The molecule has 156 valence electrons. The van der Waals surface area contributed by atoms with Crippen LogP contribution in [0.5, 0.6) is 5.75 Å². The number of hydrogen-bond acceptors (Lipinski definition) is 5. The predicted octanol–water partition coefficient (Wildman–Crippen LogP) is 1.24. The number of ether oxygens (including phenoxy) is 1. The predicted molar refractivity (Wildman–Crippen MR) is 110 cm³/mol. The Balaban J connectivity index is 1.40. The number of benzene rings is 1. The lowest BCUT2D eigenvalue weighted by molar-refractivity contribution is -0.131. The number of hydrogen-bond donors (Lipinski definition) is 1. The summed E-state index contributed by atoms with van der Waals surface area (Å²) < 4.78 is 7.07. The van der Waals surface area contributed by atoms with E-state index >= 15 is 0 Å². The van der Waals surface area contributed by atoms with Gasteiger partial charge >= 0.3 is 0 Å². The molecule has 0 aliphatic carbocycles. The van der Waals surface area contributed by atoms with Gasteiger partial charge in [0.2, 0.25) is 5.91 Å². The summed E-state index contributed by atoms with van der Waals surface area (Å²) in [4.78, 5) is 29.0. The molecule has 8 nitrogen and oxygen atoms in total. The molecule has 0 saturated carbocycles. The first-order valence-corrected chi connectivity index (χ1v) is 9.94. The molecule has 0 bridgehead atoms. The summed E-state index contributed by atoms with van der Waals surface area (Å²) in [5, 5.41) is 6.94. The first-order valence-electron chi connectivity index (χ1n) is 9.94. The van der Waals surface area contributed by atoms with Gasteiger partial charge in [0.25, 0.3) is 5.91 Å². The van der Waals surface area contributed by atoms with Crippen LogP contribution in [0, 0.1) is 0 Å². The molecule has 1 N–H and O–H groups in total. The van der Waals surface area contributed by atoms with Gasteiger partial charge in [-0.2, -0.15) is 5.10 Å². The maximum absolute atomic E-state index is 12.5. The van der Waals surface area contributed by atoms with Gasteiger partial charge in [-0.05, 0) is 37.1 Å². The molecule has 1 aromatic heterocycles. The number of amides is 2. The fourth-order valence-corrected chi connectivity index (χ4v) is 3.56. The maximum Gasteiger partial charge on any atom is 0.251 e. The van der Waals surface area contributed by atoms with Crippen molar-refractivity contribution in [3.8, 4) is 5.75 Å². The lowest BCUT2D eigenvalue weighted by atomic mass is 10.0. The van der Waals surface area contributed by atoms with Crippen LogP contribution in [-0.2, 0) is 11.3 Å². The van der Waals surface area contributed by atoms with Crippen molar-refractivity contribution >= 4 is 11.8 Å². The fourth-order valence-electron chi connectivity index (χ4n) is 3.56. The summed E-state index contributed by atoms with van der Waals surface area (Å²) >= 11 is 0. The Bertz CT molecular complexity index is 800. The summed E-state index contributed by atoms with van der Waals surface area (Å²) in [7, 11) is 3.38. The van der Waals surface area contributed by atoms with Gasteiger partial charge in [0.1, 0.15) is 5.75 Å². The number of methoxy groups -OCH3 is 1. The van der Waals surface area contributed by atoms with Crippen molar-refractivity contribution in [2.45, 2.75) is 25.4 Å². The van der Waals surface area contributed by atoms with Gasteiger partial charge in [-0.15, -0.1) is 0 Å². The molecule has 1 aliphatic heterocycles. The van der Waals surface area contributed by atoms with Gasteiger partial charge in [0.05, 0.1) is 20.2 Å². The molecular weight excluding hydrogens is 370 g/mol. The lowest BCUT2D eigenvalue weighted by Crippen LogP contribution is -2.48. The first-order chi connectivity index (χ1) is 14.1. The smallest absolute Gasteiger partial charge is 0.251 e. The molecule has 2 amide bonds. The number of piperidine rings is 1. The number of likely N-dealkylation sites (N-methyl/N-ethyl adjacent to an activating group) is 1. The van der Waals surface area contributed by atoms with E-state index in [1.54, 1.807) is 42.5 Å². The van der Waals surface area contributed by atoms with Crippen LogP contribution < -0.4 is 10.1 Å². The van der Waals surface area contributed by atoms with Crippen LogP contribution in [0.4, 0.5) is 0 Å². The summed E-state index contributed by atoms with van der Waals surface area (Å²) in [6, 6.07) is 9.02. The second kappa shape index (κ2) is 10.1. The molecule has 8 heteroatoms. The number of aromatic nitrogens is 2. The van der Waals surface area contributed by atoms with Gasteiger partial charge in [-0.25, -0.2) is 0 Å². The fraction of sp³-hybridized carbons (Fsp3) is 0.476. The average Bonchev–Trinajstić information content (AvgIpc) is 3.29. The zero-order valence-corrected chi connectivity index (χ0v) is 17.1. The Morgan fingerprint density at radius 3 is 2.72 bits per heavy atom. The zero-order valence-electron chi connectivity index (χ0n) is 17.1. The third-order valence-corrected chi connectivity index (χ3v) is 5.43. The largest absolute Gasteiger partial charge is 0.497 e. The topological polar surface area (TPSA) is 79.7 Å².